The lowest BCUT2D eigenvalue weighted by molar-refractivity contribution is 0.707. The van der Waals surface area contributed by atoms with Crippen LogP contribution >= 0.6 is 0 Å². The van der Waals surface area contributed by atoms with E-state index in [1.54, 1.807) is 0 Å². The van der Waals surface area contributed by atoms with E-state index in [2.05, 4.69) is 52.4 Å². The summed E-state index contributed by atoms with van der Waals surface area (Å²) in [7, 11) is 0. The number of benzene rings is 2. The van der Waals surface area contributed by atoms with Crippen LogP contribution in [-0.4, -0.2) is 16.5 Å². The normalized spacial score (nSPS) is 13.9. The van der Waals surface area contributed by atoms with Gasteiger partial charge in [-0.15, -0.1) is 0 Å². The predicted molar refractivity (Wildman–Crippen MR) is 98.6 cm³/mol. The summed E-state index contributed by atoms with van der Waals surface area (Å²) < 4.78 is 0. The van der Waals surface area contributed by atoms with Gasteiger partial charge in [-0.25, -0.2) is 9.97 Å². The first-order valence-corrected chi connectivity index (χ1v) is 8.26. The van der Waals surface area contributed by atoms with E-state index < -0.39 is 0 Å². The van der Waals surface area contributed by atoms with Crippen LogP contribution in [0.15, 0.2) is 66.9 Å². The summed E-state index contributed by atoms with van der Waals surface area (Å²) in [4.78, 5) is 11.4. The first-order valence-electron chi connectivity index (χ1n) is 8.26. The third kappa shape index (κ3) is 3.20. The molecule has 0 amide bonds. The maximum Gasteiger partial charge on any atom is 0.226 e. The minimum absolute atomic E-state index is 0.805. The molecule has 0 aliphatic carbocycles. The van der Waals surface area contributed by atoms with Crippen molar-refractivity contribution in [3.05, 3.63) is 89.2 Å². The molecule has 3 aromatic rings. The van der Waals surface area contributed by atoms with Crippen molar-refractivity contribution >= 4 is 18.1 Å². The molecular weight excluding hydrogens is 294 g/mol. The smallest absolute Gasteiger partial charge is 0.226 e. The second-order valence-corrected chi connectivity index (χ2v) is 5.97. The van der Waals surface area contributed by atoms with Gasteiger partial charge in [0.1, 0.15) is 0 Å². The number of hydrogen-bond donors (Lipinski definition) is 0. The standard InChI is InChI=1S/C21H19N3/c1-2-6-17(7-3-1)10-11-20-12-14-22-21(23-20)24-15-13-18-8-4-5-9-19(18)16-24/h1-12,14H,13,15-16H2/b11-10+. The van der Waals surface area contributed by atoms with Gasteiger partial charge in [0.25, 0.3) is 0 Å². The Morgan fingerprint density at radius 3 is 2.50 bits per heavy atom. The van der Waals surface area contributed by atoms with Crippen LogP contribution < -0.4 is 4.90 Å². The molecule has 3 heteroatoms. The van der Waals surface area contributed by atoms with Crippen LogP contribution in [0.25, 0.3) is 12.2 Å². The number of aromatic nitrogens is 2. The van der Waals surface area contributed by atoms with Gasteiger partial charge in [0.2, 0.25) is 5.95 Å². The highest BCUT2D eigenvalue weighted by atomic mass is 15.2. The van der Waals surface area contributed by atoms with Gasteiger partial charge >= 0.3 is 0 Å². The fourth-order valence-electron chi connectivity index (χ4n) is 3.02. The second kappa shape index (κ2) is 6.67. The van der Waals surface area contributed by atoms with Crippen molar-refractivity contribution < 1.29 is 0 Å². The Kier molecular flexibility index (Phi) is 4.07. The zero-order chi connectivity index (χ0) is 16.2. The van der Waals surface area contributed by atoms with E-state index in [1.807, 2.05) is 36.5 Å². The van der Waals surface area contributed by atoms with Crippen molar-refractivity contribution in [3.8, 4) is 0 Å². The molecule has 0 spiro atoms. The Bertz CT molecular complexity index is 856. The van der Waals surface area contributed by atoms with Crippen LogP contribution in [0.1, 0.15) is 22.4 Å². The van der Waals surface area contributed by atoms with Crippen molar-refractivity contribution in [2.45, 2.75) is 13.0 Å². The van der Waals surface area contributed by atoms with E-state index in [-0.39, 0.29) is 0 Å². The van der Waals surface area contributed by atoms with Gasteiger partial charge in [-0.3, -0.25) is 0 Å². The van der Waals surface area contributed by atoms with Crippen LogP contribution in [0.2, 0.25) is 0 Å². The molecule has 4 rings (SSSR count). The summed E-state index contributed by atoms with van der Waals surface area (Å²) in [6.45, 7) is 1.84. The van der Waals surface area contributed by atoms with Gasteiger partial charge in [0.15, 0.2) is 0 Å². The highest BCUT2D eigenvalue weighted by Crippen LogP contribution is 2.22. The molecule has 0 N–H and O–H groups in total. The molecule has 24 heavy (non-hydrogen) atoms. The van der Waals surface area contributed by atoms with Gasteiger partial charge in [-0.05, 0) is 35.3 Å². The summed E-state index contributed by atoms with van der Waals surface area (Å²) >= 11 is 0. The average Bonchev–Trinajstić information content (AvgIpc) is 2.67. The minimum atomic E-state index is 0.805. The minimum Gasteiger partial charge on any atom is -0.336 e. The first-order chi connectivity index (χ1) is 11.9. The molecule has 1 aromatic heterocycles. The van der Waals surface area contributed by atoms with Gasteiger partial charge in [0.05, 0.1) is 5.69 Å². The Labute approximate surface area is 142 Å². The van der Waals surface area contributed by atoms with Crippen molar-refractivity contribution in [2.75, 3.05) is 11.4 Å². The van der Waals surface area contributed by atoms with Crippen LogP contribution in [0, 0.1) is 0 Å². The van der Waals surface area contributed by atoms with Crippen molar-refractivity contribution in [2.24, 2.45) is 0 Å². The Hall–Kier alpha value is -2.94. The van der Waals surface area contributed by atoms with E-state index in [9.17, 15) is 0 Å². The molecule has 3 nitrogen and oxygen atoms in total. The number of fused-ring (bicyclic) bond motifs is 1. The number of nitrogens with zero attached hydrogens (tertiary/aromatic N) is 3. The second-order valence-electron chi connectivity index (χ2n) is 5.97. The summed E-state index contributed by atoms with van der Waals surface area (Å²) in [5.41, 5.74) is 4.92. The third-order valence-electron chi connectivity index (χ3n) is 4.32. The molecule has 0 unspecified atom stereocenters. The molecule has 0 radical (unpaired) electrons. The summed E-state index contributed by atoms with van der Waals surface area (Å²) in [5.74, 6) is 0.805. The summed E-state index contributed by atoms with van der Waals surface area (Å²) in [6, 6.07) is 20.8. The lowest BCUT2D eigenvalue weighted by atomic mass is 10.0. The fraction of sp³-hybridized carbons (Fsp3) is 0.143. The van der Waals surface area contributed by atoms with Gasteiger partial charge in [-0.2, -0.15) is 0 Å². The van der Waals surface area contributed by atoms with Gasteiger partial charge < -0.3 is 4.90 Å². The zero-order valence-corrected chi connectivity index (χ0v) is 13.5. The van der Waals surface area contributed by atoms with Crippen molar-refractivity contribution in [1.29, 1.82) is 0 Å². The van der Waals surface area contributed by atoms with Gasteiger partial charge in [-0.1, -0.05) is 60.7 Å². The van der Waals surface area contributed by atoms with Crippen molar-refractivity contribution in [1.82, 2.24) is 9.97 Å². The molecule has 0 saturated heterocycles. The molecule has 0 atom stereocenters. The lowest BCUT2D eigenvalue weighted by Crippen LogP contribution is -2.31. The number of hydrogen-bond acceptors (Lipinski definition) is 3. The molecular formula is C21H19N3. The average molecular weight is 313 g/mol. The zero-order valence-electron chi connectivity index (χ0n) is 13.5. The summed E-state index contributed by atoms with van der Waals surface area (Å²) in [6.07, 6.45) is 7.01. The van der Waals surface area contributed by atoms with E-state index in [1.165, 1.54) is 16.7 Å². The lowest BCUT2D eigenvalue weighted by Gasteiger charge is -2.28. The van der Waals surface area contributed by atoms with Crippen molar-refractivity contribution in [3.63, 3.8) is 0 Å². The quantitative estimate of drug-likeness (QED) is 0.725. The number of anilines is 1. The Morgan fingerprint density at radius 1 is 0.833 bits per heavy atom. The number of rotatable bonds is 3. The van der Waals surface area contributed by atoms with E-state index in [4.69, 9.17) is 4.98 Å². The highest BCUT2D eigenvalue weighted by Gasteiger charge is 2.17. The van der Waals surface area contributed by atoms with Crippen LogP contribution in [-0.2, 0) is 13.0 Å². The van der Waals surface area contributed by atoms with Crippen LogP contribution in [0.5, 0.6) is 0 Å². The van der Waals surface area contributed by atoms with E-state index in [0.29, 0.717) is 0 Å². The molecule has 118 valence electrons. The molecule has 2 heterocycles. The molecule has 0 fully saturated rings. The summed E-state index contributed by atoms with van der Waals surface area (Å²) in [5, 5.41) is 0. The molecule has 0 saturated carbocycles. The maximum absolute atomic E-state index is 4.71. The molecule has 1 aliphatic rings. The highest BCUT2D eigenvalue weighted by molar-refractivity contribution is 5.68. The monoisotopic (exact) mass is 313 g/mol. The van der Waals surface area contributed by atoms with Crippen LogP contribution in [0.4, 0.5) is 5.95 Å². The van der Waals surface area contributed by atoms with E-state index in [0.717, 1.165) is 31.2 Å². The van der Waals surface area contributed by atoms with E-state index >= 15 is 0 Å². The first kappa shape index (κ1) is 14.6. The third-order valence-corrected chi connectivity index (χ3v) is 4.32. The SMILES string of the molecule is C(=C\c1ccnc(N2CCc3ccccc3C2)n1)/c1ccccc1. The largest absolute Gasteiger partial charge is 0.336 e. The maximum atomic E-state index is 4.71. The topological polar surface area (TPSA) is 29.0 Å². The Morgan fingerprint density at radius 2 is 1.62 bits per heavy atom. The van der Waals surface area contributed by atoms with Gasteiger partial charge in [0, 0.05) is 19.3 Å². The molecule has 1 aliphatic heterocycles. The van der Waals surface area contributed by atoms with Crippen LogP contribution in [0.3, 0.4) is 0 Å². The molecule has 2 aromatic carbocycles. The molecule has 0 bridgehead atoms. The fourth-order valence-corrected chi connectivity index (χ4v) is 3.02. The predicted octanol–water partition coefficient (Wildman–Crippen LogP) is 4.21. The Balaban J connectivity index is 1.54.